The second kappa shape index (κ2) is 6.78. The Morgan fingerprint density at radius 3 is 2.67 bits per heavy atom. The van der Waals surface area contributed by atoms with E-state index in [-0.39, 0.29) is 18.5 Å². The van der Waals surface area contributed by atoms with Crippen molar-refractivity contribution in [3.05, 3.63) is 58.4 Å². The molecule has 21 heavy (non-hydrogen) atoms. The van der Waals surface area contributed by atoms with Crippen molar-refractivity contribution in [1.29, 1.82) is 0 Å². The third-order valence-corrected chi connectivity index (χ3v) is 3.34. The van der Waals surface area contributed by atoms with Crippen LogP contribution in [0.15, 0.2) is 36.4 Å². The van der Waals surface area contributed by atoms with Gasteiger partial charge in [0.15, 0.2) is 0 Å². The zero-order valence-electron chi connectivity index (χ0n) is 11.9. The first-order chi connectivity index (χ1) is 10.0. The van der Waals surface area contributed by atoms with Gasteiger partial charge in [-0.15, -0.1) is 0 Å². The Morgan fingerprint density at radius 2 is 2.00 bits per heavy atom. The first kappa shape index (κ1) is 15.6. The lowest BCUT2D eigenvalue weighted by Crippen LogP contribution is -2.08. The summed E-state index contributed by atoms with van der Waals surface area (Å²) < 4.78 is 24.6. The molecule has 2 rings (SSSR count). The Balaban J connectivity index is 2.24. The van der Waals surface area contributed by atoms with Crippen molar-refractivity contribution in [3.8, 4) is 11.5 Å². The third kappa shape index (κ3) is 3.86. The number of nitrogens with two attached hydrogens (primary N) is 1. The largest absolute Gasteiger partial charge is 0.497 e. The molecule has 0 aliphatic heterocycles. The second-order valence-corrected chi connectivity index (χ2v) is 5.15. The van der Waals surface area contributed by atoms with Gasteiger partial charge in [0.1, 0.15) is 23.9 Å². The summed E-state index contributed by atoms with van der Waals surface area (Å²) in [6.07, 6.45) is 0. The average Bonchev–Trinajstić information content (AvgIpc) is 2.47. The molecule has 5 heteroatoms. The summed E-state index contributed by atoms with van der Waals surface area (Å²) in [5, 5.41) is 0.466. The fourth-order valence-corrected chi connectivity index (χ4v) is 2.15. The van der Waals surface area contributed by atoms with E-state index in [1.165, 1.54) is 12.1 Å². The zero-order chi connectivity index (χ0) is 15.4. The van der Waals surface area contributed by atoms with E-state index in [2.05, 4.69) is 0 Å². The predicted octanol–water partition coefficient (Wildman–Crippen LogP) is 4.09. The maximum Gasteiger partial charge on any atom is 0.129 e. The number of halogens is 2. The first-order valence-electron chi connectivity index (χ1n) is 6.51. The molecule has 112 valence electrons. The molecular formula is C16H17ClFNO2. The normalized spacial score (nSPS) is 12.0. The molecule has 1 atom stereocenters. The van der Waals surface area contributed by atoms with E-state index >= 15 is 0 Å². The molecule has 0 fully saturated rings. The average molecular weight is 310 g/mol. The van der Waals surface area contributed by atoms with E-state index in [0.29, 0.717) is 22.1 Å². The topological polar surface area (TPSA) is 44.5 Å². The number of methoxy groups -OCH3 is 1. The van der Waals surface area contributed by atoms with Crippen molar-refractivity contribution in [2.45, 2.75) is 19.6 Å². The van der Waals surface area contributed by atoms with Gasteiger partial charge in [0, 0.05) is 28.3 Å². The van der Waals surface area contributed by atoms with Crippen LogP contribution in [0.4, 0.5) is 4.39 Å². The van der Waals surface area contributed by atoms with Crippen LogP contribution in [0.1, 0.15) is 24.1 Å². The van der Waals surface area contributed by atoms with E-state index in [0.717, 1.165) is 5.56 Å². The van der Waals surface area contributed by atoms with Crippen molar-refractivity contribution < 1.29 is 13.9 Å². The van der Waals surface area contributed by atoms with Gasteiger partial charge in [0.05, 0.1) is 7.11 Å². The van der Waals surface area contributed by atoms with Crippen LogP contribution in [0.25, 0.3) is 0 Å². The van der Waals surface area contributed by atoms with Gasteiger partial charge in [-0.1, -0.05) is 17.7 Å². The minimum Gasteiger partial charge on any atom is -0.497 e. The molecule has 3 nitrogen and oxygen atoms in total. The minimum atomic E-state index is -0.357. The minimum absolute atomic E-state index is 0.0687. The summed E-state index contributed by atoms with van der Waals surface area (Å²) in [6, 6.07) is 9.55. The SMILES string of the molecule is COc1ccc([C@H](C)N)c(OCc2cc(Cl)ccc2F)c1. The van der Waals surface area contributed by atoms with Crippen molar-refractivity contribution in [2.24, 2.45) is 5.73 Å². The summed E-state index contributed by atoms with van der Waals surface area (Å²) in [5.41, 5.74) is 7.13. The van der Waals surface area contributed by atoms with Gasteiger partial charge in [0.25, 0.3) is 0 Å². The van der Waals surface area contributed by atoms with Crippen LogP contribution in [0, 0.1) is 5.82 Å². The van der Waals surface area contributed by atoms with Crippen LogP contribution in [0.3, 0.4) is 0 Å². The summed E-state index contributed by atoms with van der Waals surface area (Å²) in [7, 11) is 1.57. The van der Waals surface area contributed by atoms with Gasteiger partial charge in [-0.2, -0.15) is 0 Å². The maximum absolute atomic E-state index is 13.7. The number of hydrogen-bond donors (Lipinski definition) is 1. The van der Waals surface area contributed by atoms with Crippen LogP contribution >= 0.6 is 11.6 Å². The van der Waals surface area contributed by atoms with E-state index < -0.39 is 0 Å². The first-order valence-corrected chi connectivity index (χ1v) is 6.89. The van der Waals surface area contributed by atoms with Crippen LogP contribution in [0.2, 0.25) is 5.02 Å². The van der Waals surface area contributed by atoms with Crippen molar-refractivity contribution in [3.63, 3.8) is 0 Å². The Labute approximate surface area is 128 Å². The van der Waals surface area contributed by atoms with Crippen LogP contribution < -0.4 is 15.2 Å². The standard InChI is InChI=1S/C16H17ClFNO2/c1-10(19)14-5-4-13(20-2)8-16(14)21-9-11-7-12(17)3-6-15(11)18/h3-8,10H,9,19H2,1-2H3/t10-/m0/s1. The molecule has 0 aliphatic carbocycles. The quantitative estimate of drug-likeness (QED) is 0.905. The van der Waals surface area contributed by atoms with Gasteiger partial charge in [-0.3, -0.25) is 0 Å². The second-order valence-electron chi connectivity index (χ2n) is 4.72. The smallest absolute Gasteiger partial charge is 0.129 e. The van der Waals surface area contributed by atoms with Crippen LogP contribution in [-0.2, 0) is 6.61 Å². The molecule has 0 aromatic heterocycles. The van der Waals surface area contributed by atoms with E-state index in [4.69, 9.17) is 26.8 Å². The highest BCUT2D eigenvalue weighted by molar-refractivity contribution is 6.30. The zero-order valence-corrected chi connectivity index (χ0v) is 12.7. The molecule has 2 N–H and O–H groups in total. The Bertz CT molecular complexity index is 632. The summed E-state index contributed by atoms with van der Waals surface area (Å²) >= 11 is 5.87. The van der Waals surface area contributed by atoms with Crippen LogP contribution in [0.5, 0.6) is 11.5 Å². The highest BCUT2D eigenvalue weighted by Gasteiger charge is 2.11. The molecule has 2 aromatic rings. The number of benzene rings is 2. The lowest BCUT2D eigenvalue weighted by atomic mass is 10.1. The van der Waals surface area contributed by atoms with Crippen molar-refractivity contribution >= 4 is 11.6 Å². The molecule has 2 aromatic carbocycles. The molecule has 0 saturated carbocycles. The molecule has 0 bridgehead atoms. The predicted molar refractivity (Wildman–Crippen MR) is 81.3 cm³/mol. The fourth-order valence-electron chi connectivity index (χ4n) is 1.95. The van der Waals surface area contributed by atoms with Crippen LogP contribution in [-0.4, -0.2) is 7.11 Å². The van der Waals surface area contributed by atoms with Gasteiger partial charge in [-0.05, 0) is 31.2 Å². The molecule has 0 spiro atoms. The maximum atomic E-state index is 13.7. The highest BCUT2D eigenvalue weighted by atomic mass is 35.5. The van der Waals surface area contributed by atoms with Crippen molar-refractivity contribution in [1.82, 2.24) is 0 Å². The number of rotatable bonds is 5. The molecule has 0 amide bonds. The van der Waals surface area contributed by atoms with E-state index in [9.17, 15) is 4.39 Å². The molecule has 0 radical (unpaired) electrons. The monoisotopic (exact) mass is 309 g/mol. The lowest BCUT2D eigenvalue weighted by Gasteiger charge is -2.15. The number of hydrogen-bond acceptors (Lipinski definition) is 3. The highest BCUT2D eigenvalue weighted by Crippen LogP contribution is 2.29. The van der Waals surface area contributed by atoms with Gasteiger partial charge in [-0.25, -0.2) is 4.39 Å². The molecule has 0 heterocycles. The van der Waals surface area contributed by atoms with E-state index in [1.54, 1.807) is 19.2 Å². The fraction of sp³-hybridized carbons (Fsp3) is 0.250. The Morgan fingerprint density at radius 1 is 1.24 bits per heavy atom. The van der Waals surface area contributed by atoms with E-state index in [1.807, 2.05) is 19.1 Å². The Hall–Kier alpha value is -1.78. The molecule has 0 aliphatic rings. The molecule has 0 unspecified atom stereocenters. The number of ether oxygens (including phenoxy) is 2. The van der Waals surface area contributed by atoms with Gasteiger partial charge in [0.2, 0.25) is 0 Å². The third-order valence-electron chi connectivity index (χ3n) is 3.10. The van der Waals surface area contributed by atoms with Gasteiger partial charge < -0.3 is 15.2 Å². The summed E-state index contributed by atoms with van der Waals surface area (Å²) in [4.78, 5) is 0. The molecular weight excluding hydrogens is 293 g/mol. The lowest BCUT2D eigenvalue weighted by molar-refractivity contribution is 0.293. The Kier molecular flexibility index (Phi) is 5.04. The molecule has 0 saturated heterocycles. The summed E-state index contributed by atoms with van der Waals surface area (Å²) in [5.74, 6) is 0.870. The van der Waals surface area contributed by atoms with Gasteiger partial charge >= 0.3 is 0 Å². The van der Waals surface area contributed by atoms with Crippen molar-refractivity contribution in [2.75, 3.05) is 7.11 Å². The summed E-state index contributed by atoms with van der Waals surface area (Å²) in [6.45, 7) is 1.92.